The van der Waals surface area contributed by atoms with E-state index in [0.29, 0.717) is 13.1 Å². The summed E-state index contributed by atoms with van der Waals surface area (Å²) in [5.74, 6) is -1.23. The summed E-state index contributed by atoms with van der Waals surface area (Å²) < 4.78 is 13.5. The van der Waals surface area contributed by atoms with Crippen molar-refractivity contribution in [2.75, 3.05) is 18.8 Å². The van der Waals surface area contributed by atoms with Gasteiger partial charge >= 0.3 is 0 Å². The lowest BCUT2D eigenvalue weighted by atomic mass is 10.2. The zero-order valence-corrected chi connectivity index (χ0v) is 8.24. The van der Waals surface area contributed by atoms with E-state index in [-0.39, 0.29) is 17.3 Å². The first-order valence-corrected chi connectivity index (χ1v) is 4.89. The Bertz CT molecular complexity index is 388. The van der Waals surface area contributed by atoms with Gasteiger partial charge in [-0.15, -0.1) is 0 Å². The maximum Gasteiger partial charge on any atom is 0.257 e. The number of nitrogen functional groups attached to an aromatic ring is 1. The Morgan fingerprint density at radius 1 is 1.47 bits per heavy atom. The molecule has 1 aliphatic heterocycles. The van der Waals surface area contributed by atoms with E-state index in [1.807, 2.05) is 0 Å². The fourth-order valence-corrected chi connectivity index (χ4v) is 1.72. The van der Waals surface area contributed by atoms with E-state index in [9.17, 15) is 9.18 Å². The van der Waals surface area contributed by atoms with E-state index >= 15 is 0 Å². The molecule has 0 spiro atoms. The van der Waals surface area contributed by atoms with Crippen molar-refractivity contribution in [2.24, 2.45) is 0 Å². The molecule has 2 heterocycles. The van der Waals surface area contributed by atoms with Crippen LogP contribution in [0.2, 0.25) is 0 Å². The van der Waals surface area contributed by atoms with Gasteiger partial charge in [0, 0.05) is 19.3 Å². The summed E-state index contributed by atoms with van der Waals surface area (Å²) >= 11 is 0. The molecule has 80 valence electrons. The highest BCUT2D eigenvalue weighted by atomic mass is 19.1. The van der Waals surface area contributed by atoms with E-state index in [0.717, 1.165) is 12.8 Å². The van der Waals surface area contributed by atoms with Crippen molar-refractivity contribution in [3.63, 3.8) is 0 Å². The number of hydrogen-bond acceptors (Lipinski definition) is 3. The number of halogens is 1. The van der Waals surface area contributed by atoms with Gasteiger partial charge < -0.3 is 10.6 Å². The molecule has 1 saturated heterocycles. The smallest absolute Gasteiger partial charge is 0.257 e. The zero-order valence-electron chi connectivity index (χ0n) is 8.24. The summed E-state index contributed by atoms with van der Waals surface area (Å²) in [7, 11) is 0. The summed E-state index contributed by atoms with van der Waals surface area (Å²) in [6.07, 6.45) is 3.31. The van der Waals surface area contributed by atoms with Crippen molar-refractivity contribution in [3.8, 4) is 0 Å². The van der Waals surface area contributed by atoms with Crippen LogP contribution in [0.4, 0.5) is 10.2 Å². The molecule has 1 amide bonds. The van der Waals surface area contributed by atoms with E-state index in [1.54, 1.807) is 4.90 Å². The monoisotopic (exact) mass is 209 g/mol. The lowest BCUT2D eigenvalue weighted by Gasteiger charge is -2.15. The minimum Gasteiger partial charge on any atom is -0.381 e. The largest absolute Gasteiger partial charge is 0.381 e. The van der Waals surface area contributed by atoms with Crippen LogP contribution in [0.15, 0.2) is 12.3 Å². The van der Waals surface area contributed by atoms with Crippen molar-refractivity contribution in [2.45, 2.75) is 12.8 Å². The van der Waals surface area contributed by atoms with Crippen molar-refractivity contribution in [1.29, 1.82) is 0 Å². The number of pyridine rings is 1. The minimum atomic E-state index is -0.714. The second-order valence-electron chi connectivity index (χ2n) is 3.56. The fraction of sp³-hybridized carbons (Fsp3) is 0.400. The molecule has 0 radical (unpaired) electrons. The molecule has 1 fully saturated rings. The lowest BCUT2D eigenvalue weighted by Crippen LogP contribution is -2.28. The highest BCUT2D eigenvalue weighted by Gasteiger charge is 2.23. The molecule has 5 heteroatoms. The van der Waals surface area contributed by atoms with Gasteiger partial charge in [0.1, 0.15) is 0 Å². The maximum atomic E-state index is 13.5. The summed E-state index contributed by atoms with van der Waals surface area (Å²) in [6, 6.07) is 1.37. The van der Waals surface area contributed by atoms with Crippen LogP contribution in [0, 0.1) is 5.82 Å². The summed E-state index contributed by atoms with van der Waals surface area (Å²) in [5.41, 5.74) is 5.32. The third kappa shape index (κ3) is 1.77. The summed E-state index contributed by atoms with van der Waals surface area (Å²) in [6.45, 7) is 1.39. The number of likely N-dealkylation sites (tertiary alicyclic amines) is 1. The maximum absolute atomic E-state index is 13.5. The van der Waals surface area contributed by atoms with Crippen molar-refractivity contribution >= 4 is 11.7 Å². The lowest BCUT2D eigenvalue weighted by molar-refractivity contribution is 0.0788. The molecule has 0 saturated carbocycles. The molecule has 2 rings (SSSR count). The Hall–Kier alpha value is -1.65. The first kappa shape index (κ1) is 9.89. The summed E-state index contributed by atoms with van der Waals surface area (Å²) in [5, 5.41) is 0. The van der Waals surface area contributed by atoms with Gasteiger partial charge in [0.05, 0.1) is 5.56 Å². The average Bonchev–Trinajstić information content (AvgIpc) is 2.74. The molecule has 0 bridgehead atoms. The van der Waals surface area contributed by atoms with Gasteiger partial charge in [0.25, 0.3) is 5.91 Å². The highest BCUT2D eigenvalue weighted by Crippen LogP contribution is 2.17. The van der Waals surface area contributed by atoms with Crippen LogP contribution < -0.4 is 5.73 Å². The second-order valence-corrected chi connectivity index (χ2v) is 3.56. The molecular formula is C10H12FN3O. The van der Waals surface area contributed by atoms with Crippen molar-refractivity contribution in [3.05, 3.63) is 23.6 Å². The van der Waals surface area contributed by atoms with Gasteiger partial charge in [-0.05, 0) is 18.9 Å². The van der Waals surface area contributed by atoms with Crippen molar-refractivity contribution < 1.29 is 9.18 Å². The Morgan fingerprint density at radius 2 is 2.13 bits per heavy atom. The normalized spacial score (nSPS) is 15.7. The van der Waals surface area contributed by atoms with E-state index < -0.39 is 5.82 Å². The Labute approximate surface area is 86.9 Å². The summed E-state index contributed by atoms with van der Waals surface area (Å²) in [4.78, 5) is 17.0. The number of nitrogens with two attached hydrogens (primary N) is 1. The molecule has 0 aliphatic carbocycles. The van der Waals surface area contributed by atoms with Gasteiger partial charge in [-0.2, -0.15) is 0 Å². The number of amides is 1. The number of rotatable bonds is 1. The number of nitrogens with zero attached hydrogens (tertiary/aromatic N) is 2. The SMILES string of the molecule is Nc1nccc(C(=O)N2CCCC2)c1F. The Morgan fingerprint density at radius 3 is 2.80 bits per heavy atom. The number of carbonyl (C=O) groups is 1. The molecule has 2 N–H and O–H groups in total. The van der Waals surface area contributed by atoms with Crippen molar-refractivity contribution in [1.82, 2.24) is 9.88 Å². The molecule has 0 unspecified atom stereocenters. The zero-order chi connectivity index (χ0) is 10.8. The highest BCUT2D eigenvalue weighted by molar-refractivity contribution is 5.95. The number of anilines is 1. The molecule has 4 nitrogen and oxygen atoms in total. The predicted molar refractivity (Wildman–Crippen MR) is 53.7 cm³/mol. The second kappa shape index (κ2) is 3.84. The minimum absolute atomic E-state index is 0.0180. The quantitative estimate of drug-likeness (QED) is 0.751. The van der Waals surface area contributed by atoms with Crippen LogP contribution in [0.3, 0.4) is 0 Å². The standard InChI is InChI=1S/C10H12FN3O/c11-8-7(3-4-13-9(8)12)10(15)14-5-1-2-6-14/h3-4H,1-2,5-6H2,(H2,12,13). The van der Waals surface area contributed by atoms with Crippen LogP contribution in [0.5, 0.6) is 0 Å². The van der Waals surface area contributed by atoms with Crippen LogP contribution >= 0.6 is 0 Å². The van der Waals surface area contributed by atoms with Gasteiger partial charge in [0.2, 0.25) is 0 Å². The predicted octanol–water partition coefficient (Wildman–Crippen LogP) is 1.04. The number of carbonyl (C=O) groups excluding carboxylic acids is 1. The molecule has 1 aromatic heterocycles. The van der Waals surface area contributed by atoms with Gasteiger partial charge in [0.15, 0.2) is 11.6 Å². The first-order valence-electron chi connectivity index (χ1n) is 4.89. The van der Waals surface area contributed by atoms with E-state index in [4.69, 9.17) is 5.73 Å². The van der Waals surface area contributed by atoms with Gasteiger partial charge in [-0.25, -0.2) is 9.37 Å². The van der Waals surface area contributed by atoms with Gasteiger partial charge in [-0.1, -0.05) is 0 Å². The van der Waals surface area contributed by atoms with Crippen LogP contribution in [0.1, 0.15) is 23.2 Å². The molecule has 15 heavy (non-hydrogen) atoms. The molecular weight excluding hydrogens is 197 g/mol. The topological polar surface area (TPSA) is 59.2 Å². The number of hydrogen-bond donors (Lipinski definition) is 1. The first-order chi connectivity index (χ1) is 7.20. The van der Waals surface area contributed by atoms with Gasteiger partial charge in [-0.3, -0.25) is 4.79 Å². The van der Waals surface area contributed by atoms with E-state index in [2.05, 4.69) is 4.98 Å². The van der Waals surface area contributed by atoms with Crippen LogP contribution in [-0.2, 0) is 0 Å². The van der Waals surface area contributed by atoms with Crippen LogP contribution in [0.25, 0.3) is 0 Å². The van der Waals surface area contributed by atoms with Crippen LogP contribution in [-0.4, -0.2) is 28.9 Å². The third-order valence-corrected chi connectivity index (χ3v) is 2.54. The van der Waals surface area contributed by atoms with E-state index in [1.165, 1.54) is 12.3 Å². The molecule has 1 aromatic rings. The molecule has 1 aliphatic rings. The molecule has 0 atom stereocenters. The number of aromatic nitrogens is 1. The third-order valence-electron chi connectivity index (χ3n) is 2.54. The Balaban J connectivity index is 2.28. The Kier molecular flexibility index (Phi) is 2.53. The average molecular weight is 209 g/mol. The fourth-order valence-electron chi connectivity index (χ4n) is 1.72. The molecule has 0 aromatic carbocycles.